The molecule has 97 heavy (non-hydrogen) atoms. The van der Waals surface area contributed by atoms with Crippen molar-refractivity contribution < 1.29 is 70.9 Å². The van der Waals surface area contributed by atoms with E-state index in [1.165, 1.54) is 66.1 Å². The summed E-state index contributed by atoms with van der Waals surface area (Å²) < 4.78 is 54.9. The van der Waals surface area contributed by atoms with Crippen LogP contribution in [0.1, 0.15) is 88.2 Å². The van der Waals surface area contributed by atoms with Crippen molar-refractivity contribution in [1.29, 1.82) is 0 Å². The Morgan fingerprint density at radius 1 is 0.330 bits per heavy atom. The summed E-state index contributed by atoms with van der Waals surface area (Å²) in [4.78, 5) is 53.6. The van der Waals surface area contributed by atoms with Gasteiger partial charge in [-0.15, -0.1) is 0 Å². The van der Waals surface area contributed by atoms with Gasteiger partial charge in [0, 0.05) is 177 Å². The third-order valence-electron chi connectivity index (χ3n) is 16.2. The van der Waals surface area contributed by atoms with Crippen LogP contribution in [0.2, 0.25) is 0 Å². The van der Waals surface area contributed by atoms with E-state index >= 15 is 0 Å². The number of aryl methyl sites for hydroxylation is 2. The Kier molecular flexibility index (Phi) is 39.3. The highest BCUT2D eigenvalue weighted by Gasteiger charge is 2.20. The molecule has 2 heterocycles. The molecule has 0 saturated carbocycles. The van der Waals surface area contributed by atoms with Crippen LogP contribution in [-0.2, 0) is 88.0 Å². The zero-order chi connectivity index (χ0) is 68.9. The van der Waals surface area contributed by atoms with Gasteiger partial charge < -0.3 is 84.3 Å². The zero-order valence-electron chi connectivity index (χ0n) is 59.0. The Morgan fingerprint density at radius 2 is 0.629 bits per heavy atom. The van der Waals surface area contributed by atoms with Gasteiger partial charge in [-0.3, -0.25) is 19.2 Å². The van der Waals surface area contributed by atoms with Crippen molar-refractivity contribution in [1.82, 2.24) is 31.9 Å². The second kappa shape index (κ2) is 48.1. The Bertz CT molecular complexity index is 3120. The number of nitrogens with zero attached hydrogens (tertiary/aromatic N) is 4. The minimum atomic E-state index is -0.213. The monoisotopic (exact) mass is 1350 g/mol. The van der Waals surface area contributed by atoms with Gasteiger partial charge in [0.2, 0.25) is 45.7 Å². The van der Waals surface area contributed by atoms with Crippen molar-refractivity contribution in [3.8, 4) is 0 Å². The molecule has 4 amide bonds. The van der Waals surface area contributed by atoms with E-state index in [0.717, 1.165) is 77.5 Å². The minimum absolute atomic E-state index is 0.0685. The number of benzene rings is 4. The number of pyridine rings is 2. The first kappa shape index (κ1) is 79.2. The molecule has 0 atom stereocenters. The van der Waals surface area contributed by atoms with E-state index in [1.54, 1.807) is 0 Å². The smallest absolute Gasteiger partial charge is 0.246 e. The molecule has 6 N–H and O–H groups in total. The molecule has 23 heteroatoms. The standard InChI is InChI=1S/C74H112N10O13/c1-75-55-59-19-21-61-51-62-22-20-60(56-76-2)50-68(62)83(67(61)49-59)31-11-7-9-17-71(85)77-27-13-33-89-37-41-93-43-39-91-35-15-29-79-73(87)57-96-47-45-95-46-48-97-58-74(88)80-30-16-36-92-40-44-94-42-38-90-34-14-28-78-72(86)18-10-8-12-32-84-69-53-65(81(3)4)25-23-63(69)52-64-24-26-66(82(5)6)54-70(64)84/h19-26,49-54,75-76H,7-18,27-48,55-58H2,1-6H3,(H2-2,77,78,79,80,85,86,87,88)/p+2. The summed E-state index contributed by atoms with van der Waals surface area (Å²) in [7, 11) is 12.2. The highest BCUT2D eigenvalue weighted by molar-refractivity contribution is 5.92. The predicted octanol–water partition coefficient (Wildman–Crippen LogP) is 6.44. The molecule has 536 valence electrons. The molecule has 0 aliphatic rings. The van der Waals surface area contributed by atoms with Gasteiger partial charge in [-0.2, -0.15) is 9.13 Å². The quantitative estimate of drug-likeness (QED) is 0.0137. The Hall–Kier alpha value is -6.74. The summed E-state index contributed by atoms with van der Waals surface area (Å²) in [6, 6.07) is 31.3. The number of hydrogen-bond donors (Lipinski definition) is 6. The fourth-order valence-electron chi connectivity index (χ4n) is 11.0. The molecule has 0 aliphatic carbocycles. The van der Waals surface area contributed by atoms with Crippen LogP contribution in [0.15, 0.2) is 84.9 Å². The third-order valence-corrected chi connectivity index (χ3v) is 16.2. The van der Waals surface area contributed by atoms with Crippen LogP contribution in [0.3, 0.4) is 0 Å². The topological polar surface area (TPSA) is 238 Å². The zero-order valence-corrected chi connectivity index (χ0v) is 59.0. The number of ether oxygens (including phenoxy) is 9. The summed E-state index contributed by atoms with van der Waals surface area (Å²) in [5.74, 6) is -0.269. The van der Waals surface area contributed by atoms with Crippen LogP contribution in [0.5, 0.6) is 0 Å². The molecule has 0 spiro atoms. The van der Waals surface area contributed by atoms with Crippen molar-refractivity contribution >= 4 is 78.6 Å². The number of unbranched alkanes of at least 4 members (excludes halogenated alkanes) is 4. The van der Waals surface area contributed by atoms with Gasteiger partial charge in [-0.05, 0) is 125 Å². The first-order chi connectivity index (χ1) is 47.4. The number of anilines is 2. The predicted molar refractivity (Wildman–Crippen MR) is 382 cm³/mol. The molecule has 0 unspecified atom stereocenters. The molecule has 0 bridgehead atoms. The van der Waals surface area contributed by atoms with Crippen LogP contribution in [0.25, 0.3) is 43.6 Å². The van der Waals surface area contributed by atoms with E-state index in [1.807, 2.05) is 14.1 Å². The van der Waals surface area contributed by atoms with Crippen LogP contribution < -0.4 is 50.8 Å². The van der Waals surface area contributed by atoms with Crippen molar-refractivity contribution in [2.75, 3.05) is 197 Å². The summed E-state index contributed by atoms with van der Waals surface area (Å²) in [6.07, 6.45) is 9.42. The van der Waals surface area contributed by atoms with Gasteiger partial charge in [0.15, 0.2) is 0 Å². The Balaban J connectivity index is 0.613. The van der Waals surface area contributed by atoms with Crippen molar-refractivity contribution in [3.05, 3.63) is 96.1 Å². The lowest BCUT2D eigenvalue weighted by Gasteiger charge is -2.15. The number of carbonyl (C=O) groups excluding carboxylic acids is 4. The summed E-state index contributed by atoms with van der Waals surface area (Å²) in [6.45, 7) is 12.2. The van der Waals surface area contributed by atoms with Gasteiger partial charge in [0.25, 0.3) is 0 Å². The number of rotatable bonds is 56. The molecule has 0 aliphatic heterocycles. The van der Waals surface area contributed by atoms with E-state index in [2.05, 4.69) is 164 Å². The summed E-state index contributed by atoms with van der Waals surface area (Å²) in [5.41, 5.74) is 9.77. The lowest BCUT2D eigenvalue weighted by atomic mass is 10.0. The van der Waals surface area contributed by atoms with Gasteiger partial charge in [0.1, 0.15) is 26.3 Å². The van der Waals surface area contributed by atoms with Crippen LogP contribution in [-0.4, -0.2) is 211 Å². The molecule has 2 aromatic heterocycles. The van der Waals surface area contributed by atoms with E-state index < -0.39 is 0 Å². The normalized spacial score (nSPS) is 11.5. The van der Waals surface area contributed by atoms with Gasteiger partial charge in [-0.1, -0.05) is 12.1 Å². The molecular formula is C74H114N10O13+2. The minimum Gasteiger partial charge on any atom is -0.379 e. The van der Waals surface area contributed by atoms with Crippen molar-refractivity contribution in [3.63, 3.8) is 0 Å². The number of fused-ring (bicyclic) bond motifs is 4. The SMILES string of the molecule is CNCc1ccc2cc3ccc(CNC)cc3[n+](CCCCCC(=O)NCCCOCCOCCOCCCNC(=O)COCCOCCOCC(=O)NCCCOCCOCCOCCCNC(=O)CCCCC[n+]3c4cc(N(C)C)ccc4cc4ccc(N(C)C)cc43)c2c1. The summed E-state index contributed by atoms with van der Waals surface area (Å²) in [5, 5.41) is 23.1. The second-order valence-corrected chi connectivity index (χ2v) is 24.5. The van der Waals surface area contributed by atoms with E-state index in [0.29, 0.717) is 144 Å². The molecule has 4 aromatic carbocycles. The molecule has 6 aromatic rings. The Morgan fingerprint density at radius 3 is 0.959 bits per heavy atom. The molecule has 6 rings (SSSR count). The Labute approximate surface area is 575 Å². The van der Waals surface area contributed by atoms with E-state index in [9.17, 15) is 19.2 Å². The van der Waals surface area contributed by atoms with Gasteiger partial charge in [-0.25, -0.2) is 0 Å². The van der Waals surface area contributed by atoms with E-state index in [4.69, 9.17) is 42.6 Å². The largest absolute Gasteiger partial charge is 0.379 e. The lowest BCUT2D eigenvalue weighted by molar-refractivity contribution is -0.646. The third kappa shape index (κ3) is 31.3. The molecule has 0 radical (unpaired) electrons. The summed E-state index contributed by atoms with van der Waals surface area (Å²) >= 11 is 0. The average molecular weight is 1350 g/mol. The van der Waals surface area contributed by atoms with Crippen molar-refractivity contribution in [2.45, 2.75) is 103 Å². The maximum Gasteiger partial charge on any atom is 0.246 e. The lowest BCUT2D eigenvalue weighted by Crippen LogP contribution is -2.36. The highest BCUT2D eigenvalue weighted by Crippen LogP contribution is 2.26. The average Bonchev–Trinajstić information content (AvgIpc) is 0.779. The van der Waals surface area contributed by atoms with E-state index in [-0.39, 0.29) is 50.1 Å². The van der Waals surface area contributed by atoms with Crippen LogP contribution in [0, 0.1) is 0 Å². The molecule has 0 fully saturated rings. The fourth-order valence-corrected chi connectivity index (χ4v) is 11.0. The number of amides is 4. The van der Waals surface area contributed by atoms with Crippen molar-refractivity contribution in [2.24, 2.45) is 0 Å². The number of aromatic nitrogens is 2. The number of carbonyl (C=O) groups is 4. The number of hydrogen-bond acceptors (Lipinski definition) is 17. The second-order valence-electron chi connectivity index (χ2n) is 24.5. The molecule has 23 nitrogen and oxygen atoms in total. The number of nitrogens with one attached hydrogen (secondary N) is 6. The molecule has 0 saturated heterocycles. The maximum absolute atomic E-state index is 12.6. The molecular weight excluding hydrogens is 1240 g/mol. The fraction of sp³-hybridized carbons (Fsp3) is 0.595. The first-order valence-electron chi connectivity index (χ1n) is 35.1. The van der Waals surface area contributed by atoms with Crippen LogP contribution in [0.4, 0.5) is 11.4 Å². The maximum atomic E-state index is 12.6. The highest BCUT2D eigenvalue weighted by atomic mass is 16.6. The van der Waals surface area contributed by atoms with Gasteiger partial charge >= 0.3 is 0 Å². The van der Waals surface area contributed by atoms with Gasteiger partial charge in [0.05, 0.1) is 79.3 Å². The first-order valence-corrected chi connectivity index (χ1v) is 35.1. The van der Waals surface area contributed by atoms with Crippen LogP contribution >= 0.6 is 0 Å².